The molecular weight excluding hydrogens is 330 g/mol. The van der Waals surface area contributed by atoms with Crippen LogP contribution >= 0.6 is 0 Å². The number of likely N-dealkylation sites (N-methyl/N-ethyl adjacent to an activating group) is 1. The first-order valence-electron chi connectivity index (χ1n) is 7.75. The lowest BCUT2D eigenvalue weighted by Gasteiger charge is -2.27. The fraction of sp³-hybridized carbons (Fsp3) is 0.438. The molecule has 1 aliphatic rings. The zero-order valence-corrected chi connectivity index (χ0v) is 14.0. The first-order chi connectivity index (χ1) is 11.7. The molecule has 1 aliphatic heterocycles. The minimum Gasteiger partial charge on any atom is -0.480 e. The Hall–Kier alpha value is -2.97. The molecule has 0 radical (unpaired) electrons. The average Bonchev–Trinajstić information content (AvgIpc) is 3.01. The van der Waals surface area contributed by atoms with E-state index in [1.54, 1.807) is 6.92 Å². The molecule has 25 heavy (non-hydrogen) atoms. The summed E-state index contributed by atoms with van der Waals surface area (Å²) in [7, 11) is 1.38. The van der Waals surface area contributed by atoms with E-state index in [0.717, 1.165) is 4.90 Å². The molecule has 1 saturated heterocycles. The van der Waals surface area contributed by atoms with Crippen molar-refractivity contribution in [3.8, 4) is 0 Å². The summed E-state index contributed by atoms with van der Waals surface area (Å²) in [5, 5.41) is 19.7. The summed E-state index contributed by atoms with van der Waals surface area (Å²) in [4.78, 5) is 48.7. The number of carbonyl (C=O) groups is 3. The van der Waals surface area contributed by atoms with E-state index in [-0.39, 0.29) is 11.3 Å². The smallest absolute Gasteiger partial charge is 0.323 e. The standard InChI is InChI=1S/C16H19N3O6/c1-10-8-11(5-6-12(10)19(24)25)15(22)18-7-3-4-13(18)16(23)17(2)9-14(20)21/h5-6,8,13H,3-4,7,9H2,1-2H3,(H,20,21). The number of hydrogen-bond donors (Lipinski definition) is 1. The lowest BCUT2D eigenvalue weighted by Crippen LogP contribution is -2.47. The Morgan fingerprint density at radius 2 is 2.08 bits per heavy atom. The van der Waals surface area contributed by atoms with Crippen molar-refractivity contribution in [2.45, 2.75) is 25.8 Å². The van der Waals surface area contributed by atoms with Gasteiger partial charge in [0.15, 0.2) is 0 Å². The van der Waals surface area contributed by atoms with Crippen LogP contribution in [0.4, 0.5) is 5.69 Å². The van der Waals surface area contributed by atoms with Gasteiger partial charge in [-0.25, -0.2) is 0 Å². The van der Waals surface area contributed by atoms with Crippen LogP contribution in [0.25, 0.3) is 0 Å². The van der Waals surface area contributed by atoms with Crippen LogP contribution in [0.2, 0.25) is 0 Å². The predicted molar refractivity (Wildman–Crippen MR) is 87.2 cm³/mol. The van der Waals surface area contributed by atoms with Gasteiger partial charge >= 0.3 is 5.97 Å². The number of nitro benzene ring substituents is 1. The van der Waals surface area contributed by atoms with E-state index in [9.17, 15) is 24.5 Å². The molecule has 9 heteroatoms. The maximum atomic E-state index is 12.7. The maximum absolute atomic E-state index is 12.7. The summed E-state index contributed by atoms with van der Waals surface area (Å²) < 4.78 is 0. The average molecular weight is 349 g/mol. The topological polar surface area (TPSA) is 121 Å². The monoisotopic (exact) mass is 349 g/mol. The van der Waals surface area contributed by atoms with Crippen LogP contribution in [-0.4, -0.2) is 63.8 Å². The Labute approximate surface area is 144 Å². The molecule has 1 fully saturated rings. The van der Waals surface area contributed by atoms with Gasteiger partial charge in [0.25, 0.3) is 11.6 Å². The number of carbonyl (C=O) groups excluding carboxylic acids is 2. The second kappa shape index (κ2) is 7.29. The normalized spacial score (nSPS) is 16.6. The van der Waals surface area contributed by atoms with Crippen molar-refractivity contribution in [2.24, 2.45) is 0 Å². The number of carboxylic acids is 1. The van der Waals surface area contributed by atoms with Crippen molar-refractivity contribution in [1.29, 1.82) is 0 Å². The molecule has 134 valence electrons. The van der Waals surface area contributed by atoms with Crippen LogP contribution in [0, 0.1) is 17.0 Å². The molecule has 2 rings (SSSR count). The molecule has 1 heterocycles. The summed E-state index contributed by atoms with van der Waals surface area (Å²) in [6.45, 7) is 1.49. The molecule has 9 nitrogen and oxygen atoms in total. The summed E-state index contributed by atoms with van der Waals surface area (Å²) >= 11 is 0. The van der Waals surface area contributed by atoms with Gasteiger partial charge in [-0.05, 0) is 31.9 Å². The molecular formula is C16H19N3O6. The first-order valence-corrected chi connectivity index (χ1v) is 7.75. The third-order valence-electron chi connectivity index (χ3n) is 4.19. The van der Waals surface area contributed by atoms with Crippen molar-refractivity contribution in [3.05, 3.63) is 39.4 Å². The van der Waals surface area contributed by atoms with Gasteiger partial charge in [-0.15, -0.1) is 0 Å². The number of likely N-dealkylation sites (tertiary alicyclic amines) is 1. The Bertz CT molecular complexity index is 733. The zero-order valence-electron chi connectivity index (χ0n) is 14.0. The van der Waals surface area contributed by atoms with E-state index in [1.165, 1.54) is 30.1 Å². The third kappa shape index (κ3) is 3.93. The summed E-state index contributed by atoms with van der Waals surface area (Å²) in [6.07, 6.45) is 1.09. The predicted octanol–water partition coefficient (Wildman–Crippen LogP) is 1.05. The molecule has 0 bridgehead atoms. The third-order valence-corrected chi connectivity index (χ3v) is 4.19. The van der Waals surface area contributed by atoms with E-state index in [0.29, 0.717) is 24.9 Å². The van der Waals surface area contributed by atoms with Gasteiger partial charge in [-0.1, -0.05) is 0 Å². The number of nitro groups is 1. The second-order valence-corrected chi connectivity index (χ2v) is 6.00. The molecule has 1 aromatic rings. The number of carboxylic acid groups (broad SMARTS) is 1. The van der Waals surface area contributed by atoms with Crippen LogP contribution in [0.15, 0.2) is 18.2 Å². The highest BCUT2D eigenvalue weighted by Crippen LogP contribution is 2.24. The van der Waals surface area contributed by atoms with Gasteiger partial charge < -0.3 is 14.9 Å². The molecule has 0 spiro atoms. The summed E-state index contributed by atoms with van der Waals surface area (Å²) in [6, 6.07) is 3.36. The van der Waals surface area contributed by atoms with Gasteiger partial charge in [0.2, 0.25) is 5.91 Å². The van der Waals surface area contributed by atoms with Crippen LogP contribution in [-0.2, 0) is 9.59 Å². The van der Waals surface area contributed by atoms with Crippen molar-refractivity contribution >= 4 is 23.5 Å². The number of rotatable bonds is 5. The number of benzene rings is 1. The van der Waals surface area contributed by atoms with Gasteiger partial charge in [0.05, 0.1) is 4.92 Å². The SMILES string of the molecule is Cc1cc(C(=O)N2CCCC2C(=O)N(C)CC(=O)O)ccc1[N+](=O)[O-]. The highest BCUT2D eigenvalue weighted by molar-refractivity contribution is 5.98. The quantitative estimate of drug-likeness (QED) is 0.626. The molecule has 0 saturated carbocycles. The maximum Gasteiger partial charge on any atom is 0.323 e. The Balaban J connectivity index is 2.20. The van der Waals surface area contributed by atoms with Gasteiger partial charge in [0.1, 0.15) is 12.6 Å². The van der Waals surface area contributed by atoms with E-state index < -0.39 is 35.3 Å². The van der Waals surface area contributed by atoms with Gasteiger partial charge in [0, 0.05) is 30.8 Å². The zero-order chi connectivity index (χ0) is 18.7. The van der Waals surface area contributed by atoms with Crippen molar-refractivity contribution in [2.75, 3.05) is 20.1 Å². The van der Waals surface area contributed by atoms with Crippen LogP contribution in [0.1, 0.15) is 28.8 Å². The van der Waals surface area contributed by atoms with Crippen LogP contribution in [0.3, 0.4) is 0 Å². The van der Waals surface area contributed by atoms with E-state index in [4.69, 9.17) is 5.11 Å². The van der Waals surface area contributed by atoms with E-state index in [1.807, 2.05) is 0 Å². The molecule has 1 N–H and O–H groups in total. The first kappa shape index (κ1) is 18.4. The highest BCUT2D eigenvalue weighted by atomic mass is 16.6. The van der Waals surface area contributed by atoms with Crippen molar-refractivity contribution < 1.29 is 24.4 Å². The van der Waals surface area contributed by atoms with Crippen LogP contribution < -0.4 is 0 Å². The molecule has 2 amide bonds. The van der Waals surface area contributed by atoms with Gasteiger partial charge in [-0.2, -0.15) is 0 Å². The number of aliphatic carboxylic acids is 1. The Morgan fingerprint density at radius 3 is 2.64 bits per heavy atom. The van der Waals surface area contributed by atoms with Crippen molar-refractivity contribution in [1.82, 2.24) is 9.80 Å². The number of aryl methyl sites for hydroxylation is 1. The summed E-state index contributed by atoms with van der Waals surface area (Å²) in [5.41, 5.74) is 0.552. The Morgan fingerprint density at radius 1 is 1.40 bits per heavy atom. The Kier molecular flexibility index (Phi) is 5.35. The molecule has 0 aromatic heterocycles. The molecule has 1 aromatic carbocycles. The molecule has 0 aliphatic carbocycles. The van der Waals surface area contributed by atoms with E-state index in [2.05, 4.69) is 0 Å². The number of hydrogen-bond acceptors (Lipinski definition) is 5. The van der Waals surface area contributed by atoms with Crippen LogP contribution in [0.5, 0.6) is 0 Å². The lowest BCUT2D eigenvalue weighted by molar-refractivity contribution is -0.385. The lowest BCUT2D eigenvalue weighted by atomic mass is 10.1. The highest BCUT2D eigenvalue weighted by Gasteiger charge is 2.36. The minimum absolute atomic E-state index is 0.0770. The fourth-order valence-corrected chi connectivity index (χ4v) is 2.96. The largest absolute Gasteiger partial charge is 0.480 e. The number of nitrogens with zero attached hydrogens (tertiary/aromatic N) is 3. The van der Waals surface area contributed by atoms with Crippen molar-refractivity contribution in [3.63, 3.8) is 0 Å². The second-order valence-electron chi connectivity index (χ2n) is 6.00. The fourth-order valence-electron chi connectivity index (χ4n) is 2.96. The molecule has 1 atom stereocenters. The van der Waals surface area contributed by atoms with E-state index >= 15 is 0 Å². The van der Waals surface area contributed by atoms with Gasteiger partial charge in [-0.3, -0.25) is 24.5 Å². The summed E-state index contributed by atoms with van der Waals surface area (Å²) in [5.74, 6) is -1.94. The number of amides is 2. The molecule has 1 unspecified atom stereocenters. The minimum atomic E-state index is -1.13.